The Bertz CT molecular complexity index is 367. The molecule has 0 atom stereocenters. The van der Waals surface area contributed by atoms with E-state index >= 15 is 0 Å². The molecular weight excluding hydrogens is 186 g/mol. The van der Waals surface area contributed by atoms with Crippen molar-refractivity contribution < 1.29 is 4.79 Å². The molecule has 1 aromatic carbocycles. The highest BCUT2D eigenvalue weighted by atomic mass is 16.1. The Morgan fingerprint density at radius 2 is 1.93 bits per heavy atom. The van der Waals surface area contributed by atoms with Crippen LogP contribution in [-0.4, -0.2) is 19.9 Å². The summed E-state index contributed by atoms with van der Waals surface area (Å²) in [5.41, 5.74) is 1.92. The molecule has 15 heavy (non-hydrogen) atoms. The zero-order valence-electron chi connectivity index (χ0n) is 9.36. The second kappa shape index (κ2) is 4.05. The molecule has 2 rings (SSSR count). The number of para-hydroxylation sites is 1. The fourth-order valence-electron chi connectivity index (χ4n) is 1.96. The van der Waals surface area contributed by atoms with Crippen molar-refractivity contribution in [3.05, 3.63) is 29.8 Å². The third kappa shape index (κ3) is 1.89. The molecule has 1 aromatic rings. The van der Waals surface area contributed by atoms with Gasteiger partial charge in [0, 0.05) is 31.3 Å². The summed E-state index contributed by atoms with van der Waals surface area (Å²) in [6.07, 6.45) is 3.35. The third-order valence-corrected chi connectivity index (χ3v) is 3.13. The minimum atomic E-state index is 0.283. The monoisotopic (exact) mass is 203 g/mol. The summed E-state index contributed by atoms with van der Waals surface area (Å²) >= 11 is 0. The van der Waals surface area contributed by atoms with Crippen LogP contribution >= 0.6 is 0 Å². The lowest BCUT2D eigenvalue weighted by Gasteiger charge is -2.26. The van der Waals surface area contributed by atoms with E-state index in [9.17, 15) is 4.79 Å². The predicted molar refractivity (Wildman–Crippen MR) is 62.4 cm³/mol. The van der Waals surface area contributed by atoms with E-state index in [1.165, 1.54) is 6.42 Å². The minimum Gasteiger partial charge on any atom is -0.377 e. The maximum Gasteiger partial charge on any atom is 0.168 e. The summed E-state index contributed by atoms with van der Waals surface area (Å²) in [5.74, 6) is 0.608. The molecule has 1 aliphatic rings. The molecule has 1 aliphatic carbocycles. The number of Topliss-reactive ketones (excluding diaryl/α,β-unsaturated/α-hetero) is 1. The third-order valence-electron chi connectivity index (χ3n) is 3.13. The van der Waals surface area contributed by atoms with E-state index in [4.69, 9.17) is 0 Å². The Morgan fingerprint density at radius 3 is 2.47 bits per heavy atom. The van der Waals surface area contributed by atoms with E-state index in [1.54, 1.807) is 0 Å². The molecule has 0 saturated heterocycles. The largest absolute Gasteiger partial charge is 0.377 e. The van der Waals surface area contributed by atoms with Crippen LogP contribution in [0.3, 0.4) is 0 Å². The molecule has 1 fully saturated rings. The van der Waals surface area contributed by atoms with Gasteiger partial charge in [-0.05, 0) is 25.0 Å². The van der Waals surface area contributed by atoms with Gasteiger partial charge in [-0.2, -0.15) is 0 Å². The standard InChI is InChI=1S/C13H17NO/c1-14(2)12-9-4-3-8-11(12)13(15)10-6-5-7-10/h3-4,8-10H,5-7H2,1-2H3. The number of nitrogens with zero attached hydrogens (tertiary/aromatic N) is 1. The second-order valence-corrected chi connectivity index (χ2v) is 4.40. The Morgan fingerprint density at radius 1 is 1.27 bits per heavy atom. The average Bonchev–Trinajstić information content (AvgIpc) is 2.15. The second-order valence-electron chi connectivity index (χ2n) is 4.40. The summed E-state index contributed by atoms with van der Waals surface area (Å²) < 4.78 is 0. The van der Waals surface area contributed by atoms with Gasteiger partial charge < -0.3 is 4.90 Å². The summed E-state index contributed by atoms with van der Waals surface area (Å²) in [6.45, 7) is 0. The summed E-state index contributed by atoms with van der Waals surface area (Å²) in [7, 11) is 3.96. The van der Waals surface area contributed by atoms with Crippen molar-refractivity contribution in [1.82, 2.24) is 0 Å². The lowest BCUT2D eigenvalue weighted by atomic mass is 9.79. The van der Waals surface area contributed by atoms with Crippen LogP contribution in [-0.2, 0) is 0 Å². The van der Waals surface area contributed by atoms with E-state index in [0.717, 1.165) is 24.1 Å². The van der Waals surface area contributed by atoms with E-state index in [0.29, 0.717) is 5.78 Å². The first-order chi connectivity index (χ1) is 7.20. The van der Waals surface area contributed by atoms with Crippen LogP contribution in [0.1, 0.15) is 29.6 Å². The van der Waals surface area contributed by atoms with Gasteiger partial charge in [-0.25, -0.2) is 0 Å². The quantitative estimate of drug-likeness (QED) is 0.704. The van der Waals surface area contributed by atoms with Crippen molar-refractivity contribution in [3.8, 4) is 0 Å². The van der Waals surface area contributed by atoms with E-state index < -0.39 is 0 Å². The number of hydrogen-bond donors (Lipinski definition) is 0. The summed E-state index contributed by atoms with van der Waals surface area (Å²) in [4.78, 5) is 14.1. The Kier molecular flexibility index (Phi) is 2.76. The molecule has 2 heteroatoms. The molecule has 80 valence electrons. The first-order valence-electron chi connectivity index (χ1n) is 5.50. The molecule has 0 radical (unpaired) electrons. The zero-order valence-corrected chi connectivity index (χ0v) is 9.36. The SMILES string of the molecule is CN(C)c1ccccc1C(=O)C1CCC1. The molecule has 0 N–H and O–H groups in total. The number of benzene rings is 1. The highest BCUT2D eigenvalue weighted by Gasteiger charge is 2.27. The number of carbonyl (C=O) groups is 1. The molecule has 0 spiro atoms. The normalized spacial score (nSPS) is 15.9. The van der Waals surface area contributed by atoms with Crippen LogP contribution in [0.4, 0.5) is 5.69 Å². The topological polar surface area (TPSA) is 20.3 Å². The summed E-state index contributed by atoms with van der Waals surface area (Å²) in [6, 6.07) is 7.87. The molecule has 0 unspecified atom stereocenters. The highest BCUT2D eigenvalue weighted by molar-refractivity contribution is 6.03. The number of rotatable bonds is 3. The van der Waals surface area contributed by atoms with E-state index in [2.05, 4.69) is 0 Å². The maximum atomic E-state index is 12.1. The van der Waals surface area contributed by atoms with Crippen molar-refractivity contribution in [2.45, 2.75) is 19.3 Å². The molecular formula is C13H17NO. The highest BCUT2D eigenvalue weighted by Crippen LogP contribution is 2.32. The molecule has 0 heterocycles. The number of hydrogen-bond acceptors (Lipinski definition) is 2. The van der Waals surface area contributed by atoms with Crippen LogP contribution in [0, 0.1) is 5.92 Å². The Hall–Kier alpha value is -1.31. The van der Waals surface area contributed by atoms with Gasteiger partial charge in [-0.1, -0.05) is 18.6 Å². The van der Waals surface area contributed by atoms with Gasteiger partial charge in [0.15, 0.2) is 5.78 Å². The first kappa shape index (κ1) is 10.2. The van der Waals surface area contributed by atoms with E-state index in [-0.39, 0.29) is 5.92 Å². The molecule has 1 saturated carbocycles. The first-order valence-corrected chi connectivity index (χ1v) is 5.50. The maximum absolute atomic E-state index is 12.1. The predicted octanol–water partition coefficient (Wildman–Crippen LogP) is 2.74. The Balaban J connectivity index is 2.29. The van der Waals surface area contributed by atoms with E-state index in [1.807, 2.05) is 43.3 Å². The molecule has 2 nitrogen and oxygen atoms in total. The lowest BCUT2D eigenvalue weighted by Crippen LogP contribution is -2.24. The Labute approximate surface area is 90.9 Å². The number of ketones is 1. The van der Waals surface area contributed by atoms with Crippen molar-refractivity contribution in [2.24, 2.45) is 5.92 Å². The van der Waals surface area contributed by atoms with Gasteiger partial charge >= 0.3 is 0 Å². The van der Waals surface area contributed by atoms with Gasteiger partial charge in [0.25, 0.3) is 0 Å². The fourth-order valence-corrected chi connectivity index (χ4v) is 1.96. The zero-order chi connectivity index (χ0) is 10.8. The molecule has 0 aliphatic heterocycles. The van der Waals surface area contributed by atoms with Crippen molar-refractivity contribution >= 4 is 11.5 Å². The van der Waals surface area contributed by atoms with Crippen LogP contribution in [0.25, 0.3) is 0 Å². The minimum absolute atomic E-state index is 0.283. The lowest BCUT2D eigenvalue weighted by molar-refractivity contribution is 0.0856. The smallest absolute Gasteiger partial charge is 0.168 e. The fraction of sp³-hybridized carbons (Fsp3) is 0.462. The molecule has 0 aromatic heterocycles. The summed E-state index contributed by atoms with van der Waals surface area (Å²) in [5, 5.41) is 0. The van der Waals surface area contributed by atoms with Crippen molar-refractivity contribution in [1.29, 1.82) is 0 Å². The van der Waals surface area contributed by atoms with Crippen LogP contribution < -0.4 is 4.90 Å². The van der Waals surface area contributed by atoms with Crippen molar-refractivity contribution in [3.63, 3.8) is 0 Å². The van der Waals surface area contributed by atoms with Gasteiger partial charge in [0.2, 0.25) is 0 Å². The number of carbonyl (C=O) groups excluding carboxylic acids is 1. The van der Waals surface area contributed by atoms with Gasteiger partial charge in [0.1, 0.15) is 0 Å². The van der Waals surface area contributed by atoms with Crippen LogP contribution in [0.5, 0.6) is 0 Å². The average molecular weight is 203 g/mol. The molecule has 0 bridgehead atoms. The molecule has 0 amide bonds. The van der Waals surface area contributed by atoms with Crippen LogP contribution in [0.2, 0.25) is 0 Å². The number of anilines is 1. The van der Waals surface area contributed by atoms with Crippen molar-refractivity contribution in [2.75, 3.05) is 19.0 Å². The van der Waals surface area contributed by atoms with Gasteiger partial charge in [-0.3, -0.25) is 4.79 Å². The van der Waals surface area contributed by atoms with Gasteiger partial charge in [-0.15, -0.1) is 0 Å². The van der Waals surface area contributed by atoms with Crippen LogP contribution in [0.15, 0.2) is 24.3 Å². The van der Waals surface area contributed by atoms with Gasteiger partial charge in [0.05, 0.1) is 0 Å².